The summed E-state index contributed by atoms with van der Waals surface area (Å²) in [6, 6.07) is 0. The van der Waals surface area contributed by atoms with E-state index in [4.69, 9.17) is 14.0 Å². The largest absolute Gasteiger partial charge is 0.490 e. The van der Waals surface area contributed by atoms with Crippen molar-refractivity contribution in [2.45, 2.75) is 71.0 Å². The summed E-state index contributed by atoms with van der Waals surface area (Å²) in [6.45, 7) is 10.4. The van der Waals surface area contributed by atoms with Crippen LogP contribution in [0.15, 0.2) is 11.5 Å². The van der Waals surface area contributed by atoms with E-state index in [0.717, 1.165) is 31.5 Å². The van der Waals surface area contributed by atoms with Crippen molar-refractivity contribution in [3.63, 3.8) is 0 Å². The van der Waals surface area contributed by atoms with Gasteiger partial charge in [0.2, 0.25) is 0 Å². The Labute approximate surface area is 129 Å². The highest BCUT2D eigenvalue weighted by Crippen LogP contribution is 2.42. The van der Waals surface area contributed by atoms with E-state index in [0.29, 0.717) is 0 Å². The van der Waals surface area contributed by atoms with Crippen LogP contribution in [0.4, 0.5) is 0 Å². The first kappa shape index (κ1) is 15.6. The van der Waals surface area contributed by atoms with Gasteiger partial charge in [-0.1, -0.05) is 6.08 Å². The van der Waals surface area contributed by atoms with Crippen LogP contribution in [0.25, 0.3) is 0 Å². The van der Waals surface area contributed by atoms with Gasteiger partial charge in [-0.05, 0) is 77.1 Å². The van der Waals surface area contributed by atoms with Gasteiger partial charge in [0, 0.05) is 13.2 Å². The van der Waals surface area contributed by atoms with E-state index >= 15 is 0 Å². The molecule has 2 saturated heterocycles. The molecule has 2 aliphatic heterocycles. The standard InChI is InChI=1S/C17H29BO3/c1-16(2)17(3,4)21-18(20-16)15-7-5-13(6-8-15)14-9-11-19-12-10-14/h7,13-14H,5-6,8-12H2,1-4H3. The topological polar surface area (TPSA) is 27.7 Å². The van der Waals surface area contributed by atoms with Crippen LogP contribution in [0.1, 0.15) is 59.8 Å². The van der Waals surface area contributed by atoms with E-state index in [9.17, 15) is 0 Å². The maximum Gasteiger partial charge on any atom is 0.490 e. The van der Waals surface area contributed by atoms with Crippen molar-refractivity contribution in [2.75, 3.05) is 13.2 Å². The van der Waals surface area contributed by atoms with Gasteiger partial charge in [0.25, 0.3) is 0 Å². The predicted molar refractivity (Wildman–Crippen MR) is 85.0 cm³/mol. The number of hydrogen-bond donors (Lipinski definition) is 0. The van der Waals surface area contributed by atoms with Crippen LogP contribution in [-0.2, 0) is 14.0 Å². The third-order valence-corrected chi connectivity index (χ3v) is 5.98. The normalized spacial score (nSPS) is 33.0. The Hall–Kier alpha value is -0.315. The summed E-state index contributed by atoms with van der Waals surface area (Å²) in [5, 5.41) is 0. The lowest BCUT2D eigenvalue weighted by Crippen LogP contribution is -2.41. The van der Waals surface area contributed by atoms with Crippen LogP contribution >= 0.6 is 0 Å². The van der Waals surface area contributed by atoms with Gasteiger partial charge >= 0.3 is 7.12 Å². The van der Waals surface area contributed by atoms with E-state index in [1.54, 1.807) is 0 Å². The molecule has 0 saturated carbocycles. The van der Waals surface area contributed by atoms with Gasteiger partial charge in [0.1, 0.15) is 0 Å². The van der Waals surface area contributed by atoms with E-state index < -0.39 is 0 Å². The highest BCUT2D eigenvalue weighted by Gasteiger charge is 2.52. The second kappa shape index (κ2) is 5.71. The van der Waals surface area contributed by atoms with Gasteiger partial charge in [-0.15, -0.1) is 0 Å². The summed E-state index contributed by atoms with van der Waals surface area (Å²) in [5.74, 6) is 1.69. The fraction of sp³-hybridized carbons (Fsp3) is 0.882. The zero-order valence-electron chi connectivity index (χ0n) is 14.0. The molecule has 3 rings (SSSR count). The first-order valence-corrected chi connectivity index (χ1v) is 8.51. The van der Waals surface area contributed by atoms with Crippen molar-refractivity contribution >= 4 is 7.12 Å². The Kier molecular flexibility index (Phi) is 4.24. The van der Waals surface area contributed by atoms with Gasteiger partial charge in [0.15, 0.2) is 0 Å². The van der Waals surface area contributed by atoms with Gasteiger partial charge in [-0.2, -0.15) is 0 Å². The van der Waals surface area contributed by atoms with Crippen molar-refractivity contribution in [1.29, 1.82) is 0 Å². The predicted octanol–water partition coefficient (Wildman–Crippen LogP) is 3.77. The maximum absolute atomic E-state index is 6.17. The molecule has 0 aromatic rings. The molecule has 0 aromatic carbocycles. The summed E-state index contributed by atoms with van der Waals surface area (Å²) in [6.07, 6.45) is 8.46. The lowest BCUT2D eigenvalue weighted by atomic mass is 9.68. The smallest absolute Gasteiger partial charge is 0.400 e. The molecular weight excluding hydrogens is 263 g/mol. The van der Waals surface area contributed by atoms with Gasteiger partial charge in [-0.25, -0.2) is 0 Å². The molecule has 0 aromatic heterocycles. The molecule has 1 unspecified atom stereocenters. The summed E-state index contributed by atoms with van der Waals surface area (Å²) < 4.78 is 17.8. The first-order valence-electron chi connectivity index (χ1n) is 8.51. The quantitative estimate of drug-likeness (QED) is 0.725. The monoisotopic (exact) mass is 292 g/mol. The van der Waals surface area contributed by atoms with Crippen molar-refractivity contribution in [3.05, 3.63) is 11.5 Å². The summed E-state index contributed by atoms with van der Waals surface area (Å²) in [7, 11) is -0.134. The van der Waals surface area contributed by atoms with Crippen LogP contribution < -0.4 is 0 Å². The van der Waals surface area contributed by atoms with Gasteiger partial charge < -0.3 is 14.0 Å². The second-order valence-electron chi connectivity index (χ2n) is 7.85. The molecule has 118 valence electrons. The van der Waals surface area contributed by atoms with E-state index in [-0.39, 0.29) is 18.3 Å². The second-order valence-corrected chi connectivity index (χ2v) is 7.85. The summed E-state index contributed by atoms with van der Waals surface area (Å²) in [4.78, 5) is 0. The number of hydrogen-bond acceptors (Lipinski definition) is 3. The van der Waals surface area contributed by atoms with Gasteiger partial charge in [0.05, 0.1) is 11.2 Å². The minimum absolute atomic E-state index is 0.134. The summed E-state index contributed by atoms with van der Waals surface area (Å²) >= 11 is 0. The van der Waals surface area contributed by atoms with E-state index in [1.807, 2.05) is 0 Å². The van der Waals surface area contributed by atoms with Crippen molar-refractivity contribution in [2.24, 2.45) is 11.8 Å². The van der Waals surface area contributed by atoms with Crippen molar-refractivity contribution in [1.82, 2.24) is 0 Å². The number of allylic oxidation sites excluding steroid dienone is 2. The molecule has 1 aliphatic carbocycles. The SMILES string of the molecule is CC1(C)OB(C2=CCC(C3CCOCC3)CC2)OC1(C)C. The molecule has 0 radical (unpaired) electrons. The Morgan fingerprint density at radius 3 is 2.10 bits per heavy atom. The average Bonchev–Trinajstić information content (AvgIpc) is 2.69. The highest BCUT2D eigenvalue weighted by atomic mass is 16.7. The molecule has 3 nitrogen and oxygen atoms in total. The van der Waals surface area contributed by atoms with E-state index in [1.165, 1.54) is 31.2 Å². The fourth-order valence-electron chi connectivity index (χ4n) is 3.70. The fourth-order valence-corrected chi connectivity index (χ4v) is 3.70. The minimum atomic E-state index is -0.226. The molecule has 2 fully saturated rings. The Morgan fingerprint density at radius 1 is 0.952 bits per heavy atom. The zero-order chi connectivity index (χ0) is 15.1. The molecule has 0 N–H and O–H groups in total. The van der Waals surface area contributed by atoms with Crippen molar-refractivity contribution < 1.29 is 14.0 Å². The van der Waals surface area contributed by atoms with Crippen LogP contribution in [0.2, 0.25) is 0 Å². The molecule has 0 amide bonds. The minimum Gasteiger partial charge on any atom is -0.400 e. The molecular formula is C17H29BO3. The molecule has 4 heteroatoms. The Balaban J connectivity index is 1.60. The maximum atomic E-state index is 6.17. The van der Waals surface area contributed by atoms with Crippen LogP contribution in [0.5, 0.6) is 0 Å². The van der Waals surface area contributed by atoms with Crippen LogP contribution in [0, 0.1) is 11.8 Å². The number of rotatable bonds is 2. The zero-order valence-corrected chi connectivity index (χ0v) is 14.0. The van der Waals surface area contributed by atoms with Gasteiger partial charge in [-0.3, -0.25) is 0 Å². The lowest BCUT2D eigenvalue weighted by Gasteiger charge is -2.32. The van der Waals surface area contributed by atoms with E-state index in [2.05, 4.69) is 33.8 Å². The third kappa shape index (κ3) is 3.08. The lowest BCUT2D eigenvalue weighted by molar-refractivity contribution is 0.00578. The Bertz CT molecular complexity index is 394. The first-order chi connectivity index (χ1) is 9.89. The third-order valence-electron chi connectivity index (χ3n) is 5.98. The molecule has 21 heavy (non-hydrogen) atoms. The highest BCUT2D eigenvalue weighted by molar-refractivity contribution is 6.54. The van der Waals surface area contributed by atoms with Crippen LogP contribution in [0.3, 0.4) is 0 Å². The molecule has 3 aliphatic rings. The molecule has 1 atom stereocenters. The van der Waals surface area contributed by atoms with Crippen molar-refractivity contribution in [3.8, 4) is 0 Å². The molecule has 0 bridgehead atoms. The molecule has 0 spiro atoms. The molecule has 2 heterocycles. The Morgan fingerprint density at radius 2 is 1.57 bits per heavy atom. The summed E-state index contributed by atoms with van der Waals surface area (Å²) in [5.41, 5.74) is 0.906. The number of ether oxygens (including phenoxy) is 1. The van der Waals surface area contributed by atoms with Crippen LogP contribution in [-0.4, -0.2) is 31.5 Å². The average molecular weight is 292 g/mol.